The van der Waals surface area contributed by atoms with Crippen molar-refractivity contribution in [3.05, 3.63) is 30.3 Å². The SMILES string of the molecule is C[C@H]1C[C@@H](C(=O)NC2CCN(CC(=O)Nc3ccccc3)CC2)CCN1.Cl. The minimum Gasteiger partial charge on any atom is -0.353 e. The molecule has 0 radical (unpaired) electrons. The fraction of sp³-hybridized carbons (Fsp3) is 0.600. The first-order valence-electron chi connectivity index (χ1n) is 9.71. The first kappa shape index (κ1) is 21.7. The molecule has 6 nitrogen and oxygen atoms in total. The van der Waals surface area contributed by atoms with E-state index < -0.39 is 0 Å². The maximum Gasteiger partial charge on any atom is 0.238 e. The molecule has 2 heterocycles. The smallest absolute Gasteiger partial charge is 0.238 e. The van der Waals surface area contributed by atoms with Crippen molar-refractivity contribution in [2.24, 2.45) is 5.92 Å². The first-order valence-corrected chi connectivity index (χ1v) is 9.71. The Bertz CT molecular complexity index is 605. The van der Waals surface area contributed by atoms with E-state index in [4.69, 9.17) is 0 Å². The van der Waals surface area contributed by atoms with E-state index >= 15 is 0 Å². The molecule has 0 saturated carbocycles. The van der Waals surface area contributed by atoms with Gasteiger partial charge in [-0.3, -0.25) is 14.5 Å². The number of carbonyl (C=O) groups is 2. The number of hydrogen-bond acceptors (Lipinski definition) is 4. The number of likely N-dealkylation sites (tertiary alicyclic amines) is 1. The van der Waals surface area contributed by atoms with Gasteiger partial charge in [0, 0.05) is 36.8 Å². The normalized spacial score (nSPS) is 23.9. The molecule has 7 heteroatoms. The van der Waals surface area contributed by atoms with Crippen LogP contribution in [-0.4, -0.2) is 55.0 Å². The van der Waals surface area contributed by atoms with Crippen molar-refractivity contribution in [3.8, 4) is 0 Å². The van der Waals surface area contributed by atoms with Gasteiger partial charge in [0.2, 0.25) is 11.8 Å². The van der Waals surface area contributed by atoms with Gasteiger partial charge in [-0.05, 0) is 51.3 Å². The fourth-order valence-electron chi connectivity index (χ4n) is 3.85. The summed E-state index contributed by atoms with van der Waals surface area (Å²) in [5.74, 6) is 0.363. The first-order chi connectivity index (χ1) is 12.6. The molecule has 0 aliphatic carbocycles. The van der Waals surface area contributed by atoms with Crippen LogP contribution in [0.2, 0.25) is 0 Å². The Balaban J connectivity index is 0.00000261. The molecular formula is C20H31ClN4O2. The molecule has 3 N–H and O–H groups in total. The van der Waals surface area contributed by atoms with Crippen LogP contribution in [0.3, 0.4) is 0 Å². The van der Waals surface area contributed by atoms with Gasteiger partial charge in [-0.15, -0.1) is 12.4 Å². The molecular weight excluding hydrogens is 364 g/mol. The minimum atomic E-state index is 0. The number of anilines is 1. The number of halogens is 1. The average molecular weight is 395 g/mol. The number of nitrogens with zero attached hydrogens (tertiary/aromatic N) is 1. The zero-order valence-corrected chi connectivity index (χ0v) is 16.8. The topological polar surface area (TPSA) is 73.5 Å². The summed E-state index contributed by atoms with van der Waals surface area (Å²) in [5, 5.41) is 9.54. The van der Waals surface area contributed by atoms with E-state index in [2.05, 4.69) is 27.8 Å². The summed E-state index contributed by atoms with van der Waals surface area (Å²) in [6.45, 7) is 5.15. The van der Waals surface area contributed by atoms with Gasteiger partial charge < -0.3 is 16.0 Å². The Hall–Kier alpha value is -1.63. The van der Waals surface area contributed by atoms with Crippen LogP contribution < -0.4 is 16.0 Å². The lowest BCUT2D eigenvalue weighted by Crippen LogP contribution is -2.49. The summed E-state index contributed by atoms with van der Waals surface area (Å²) in [6, 6.07) is 10.2. The second-order valence-corrected chi connectivity index (χ2v) is 7.55. The molecule has 2 saturated heterocycles. The molecule has 1 aromatic carbocycles. The Morgan fingerprint density at radius 1 is 1.15 bits per heavy atom. The molecule has 0 bridgehead atoms. The summed E-state index contributed by atoms with van der Waals surface area (Å²) < 4.78 is 0. The quantitative estimate of drug-likeness (QED) is 0.714. The third-order valence-corrected chi connectivity index (χ3v) is 5.35. The molecule has 2 aliphatic rings. The molecule has 1 aromatic rings. The summed E-state index contributed by atoms with van der Waals surface area (Å²) in [5.41, 5.74) is 0.829. The average Bonchev–Trinajstić information content (AvgIpc) is 2.64. The lowest BCUT2D eigenvalue weighted by Gasteiger charge is -2.34. The van der Waals surface area contributed by atoms with Gasteiger partial charge in [0.1, 0.15) is 0 Å². The van der Waals surface area contributed by atoms with Crippen LogP contribution in [-0.2, 0) is 9.59 Å². The number of piperidine rings is 2. The van der Waals surface area contributed by atoms with E-state index in [9.17, 15) is 9.59 Å². The highest BCUT2D eigenvalue weighted by molar-refractivity contribution is 5.92. The fourth-order valence-corrected chi connectivity index (χ4v) is 3.85. The van der Waals surface area contributed by atoms with Gasteiger partial charge in [-0.2, -0.15) is 0 Å². The molecule has 0 spiro atoms. The van der Waals surface area contributed by atoms with Gasteiger partial charge in [0.05, 0.1) is 6.54 Å². The van der Waals surface area contributed by atoms with Crippen LogP contribution in [0.4, 0.5) is 5.69 Å². The number of amides is 2. The Morgan fingerprint density at radius 3 is 2.52 bits per heavy atom. The van der Waals surface area contributed by atoms with Crippen molar-refractivity contribution in [2.45, 2.75) is 44.7 Å². The number of para-hydroxylation sites is 1. The summed E-state index contributed by atoms with van der Waals surface area (Å²) >= 11 is 0. The number of carbonyl (C=O) groups excluding carboxylic acids is 2. The molecule has 2 atom stereocenters. The van der Waals surface area contributed by atoms with E-state index in [1.165, 1.54) is 0 Å². The lowest BCUT2D eigenvalue weighted by molar-refractivity contribution is -0.127. The van der Waals surface area contributed by atoms with E-state index in [1.807, 2.05) is 30.3 Å². The van der Waals surface area contributed by atoms with Crippen LogP contribution in [0.5, 0.6) is 0 Å². The monoisotopic (exact) mass is 394 g/mol. The van der Waals surface area contributed by atoms with Crippen molar-refractivity contribution >= 4 is 29.9 Å². The number of rotatable bonds is 5. The zero-order valence-electron chi connectivity index (χ0n) is 15.9. The van der Waals surface area contributed by atoms with Crippen molar-refractivity contribution in [3.63, 3.8) is 0 Å². The van der Waals surface area contributed by atoms with Gasteiger partial charge in [-0.1, -0.05) is 18.2 Å². The van der Waals surface area contributed by atoms with E-state index in [-0.39, 0.29) is 36.2 Å². The van der Waals surface area contributed by atoms with Crippen LogP contribution in [0.15, 0.2) is 30.3 Å². The van der Waals surface area contributed by atoms with E-state index in [0.717, 1.165) is 51.0 Å². The van der Waals surface area contributed by atoms with Gasteiger partial charge >= 0.3 is 0 Å². The van der Waals surface area contributed by atoms with Crippen molar-refractivity contribution in [1.29, 1.82) is 0 Å². The molecule has 27 heavy (non-hydrogen) atoms. The van der Waals surface area contributed by atoms with Crippen molar-refractivity contribution in [1.82, 2.24) is 15.5 Å². The lowest BCUT2D eigenvalue weighted by atomic mass is 9.92. The van der Waals surface area contributed by atoms with Crippen LogP contribution in [0.1, 0.15) is 32.6 Å². The highest BCUT2D eigenvalue weighted by Crippen LogP contribution is 2.18. The minimum absolute atomic E-state index is 0. The Morgan fingerprint density at radius 2 is 1.85 bits per heavy atom. The predicted octanol–water partition coefficient (Wildman–Crippen LogP) is 2.02. The van der Waals surface area contributed by atoms with Crippen LogP contribution in [0, 0.1) is 5.92 Å². The van der Waals surface area contributed by atoms with Crippen molar-refractivity contribution < 1.29 is 9.59 Å². The Labute approximate surface area is 167 Å². The predicted molar refractivity (Wildman–Crippen MR) is 110 cm³/mol. The molecule has 0 aromatic heterocycles. The van der Waals surface area contributed by atoms with Crippen LogP contribution in [0.25, 0.3) is 0 Å². The highest BCUT2D eigenvalue weighted by Gasteiger charge is 2.28. The standard InChI is InChI=1S/C20H30N4O2.ClH/c1-15-13-16(7-10-21-15)20(26)23-18-8-11-24(12-9-18)14-19(25)22-17-5-3-2-4-6-17;/h2-6,15-16,18,21H,7-14H2,1H3,(H,22,25)(H,23,26);1H/t15-,16-;/m0./s1. The summed E-state index contributed by atoms with van der Waals surface area (Å²) in [7, 11) is 0. The molecule has 150 valence electrons. The number of benzene rings is 1. The number of hydrogen-bond donors (Lipinski definition) is 3. The highest BCUT2D eigenvalue weighted by atomic mass is 35.5. The van der Waals surface area contributed by atoms with E-state index in [0.29, 0.717) is 12.6 Å². The molecule has 2 aliphatic heterocycles. The van der Waals surface area contributed by atoms with Gasteiger partial charge in [0.15, 0.2) is 0 Å². The zero-order chi connectivity index (χ0) is 18.4. The second kappa shape index (κ2) is 10.6. The molecule has 3 rings (SSSR count). The summed E-state index contributed by atoms with van der Waals surface area (Å²) in [6.07, 6.45) is 3.66. The summed E-state index contributed by atoms with van der Waals surface area (Å²) in [4.78, 5) is 26.8. The molecule has 2 amide bonds. The second-order valence-electron chi connectivity index (χ2n) is 7.55. The van der Waals surface area contributed by atoms with E-state index in [1.54, 1.807) is 0 Å². The third kappa shape index (κ3) is 6.79. The Kier molecular flexibility index (Phi) is 8.54. The number of nitrogens with one attached hydrogen (secondary N) is 3. The maximum absolute atomic E-state index is 12.5. The van der Waals surface area contributed by atoms with Gasteiger partial charge in [0.25, 0.3) is 0 Å². The van der Waals surface area contributed by atoms with Crippen LogP contribution >= 0.6 is 12.4 Å². The molecule has 0 unspecified atom stereocenters. The largest absolute Gasteiger partial charge is 0.353 e. The molecule has 2 fully saturated rings. The van der Waals surface area contributed by atoms with Crippen molar-refractivity contribution in [2.75, 3.05) is 31.5 Å². The third-order valence-electron chi connectivity index (χ3n) is 5.35. The van der Waals surface area contributed by atoms with Gasteiger partial charge in [-0.25, -0.2) is 0 Å². The maximum atomic E-state index is 12.5.